The third kappa shape index (κ3) is 3.40. The SMILES string of the molecule is Cc1cc(C)n(C(n2nc(C)cc2C)C(C2=C=CC=C2)(c2ccccc2)c2ccccc2)n1. The second-order valence-electron chi connectivity index (χ2n) is 8.74. The van der Waals surface area contributed by atoms with Gasteiger partial charge in [0.2, 0.25) is 0 Å². The minimum absolute atomic E-state index is 0.275. The molecule has 0 atom stereocenters. The molecule has 0 spiro atoms. The monoisotopic (exact) mass is 432 g/mol. The molecule has 0 unspecified atom stereocenters. The van der Waals surface area contributed by atoms with Crippen molar-refractivity contribution in [3.05, 3.63) is 136 Å². The third-order valence-electron chi connectivity index (χ3n) is 6.42. The molecule has 0 radical (unpaired) electrons. The molecule has 2 heterocycles. The summed E-state index contributed by atoms with van der Waals surface area (Å²) in [6, 6.07) is 25.6. The van der Waals surface area contributed by atoms with Crippen molar-refractivity contribution in [3.63, 3.8) is 0 Å². The van der Waals surface area contributed by atoms with Crippen molar-refractivity contribution in [2.75, 3.05) is 0 Å². The first kappa shape index (κ1) is 21.0. The Labute approximate surface area is 195 Å². The van der Waals surface area contributed by atoms with Gasteiger partial charge < -0.3 is 0 Å². The summed E-state index contributed by atoms with van der Waals surface area (Å²) in [5.74, 6) is 0. The lowest BCUT2D eigenvalue weighted by molar-refractivity contribution is 0.256. The summed E-state index contributed by atoms with van der Waals surface area (Å²) in [6.07, 6.45) is 5.96. The number of hydrogen-bond donors (Lipinski definition) is 0. The Kier molecular flexibility index (Phi) is 5.24. The molecule has 0 aliphatic heterocycles. The molecule has 2 aromatic carbocycles. The van der Waals surface area contributed by atoms with Crippen molar-refractivity contribution >= 4 is 0 Å². The van der Waals surface area contributed by atoms with Gasteiger partial charge in [0.1, 0.15) is 0 Å². The van der Waals surface area contributed by atoms with Crippen LogP contribution >= 0.6 is 0 Å². The first-order valence-electron chi connectivity index (χ1n) is 11.3. The largest absolute Gasteiger partial charge is 0.243 e. The maximum atomic E-state index is 5.01. The van der Waals surface area contributed by atoms with Gasteiger partial charge in [-0.25, -0.2) is 9.36 Å². The van der Waals surface area contributed by atoms with Gasteiger partial charge in [-0.05, 0) is 63.1 Å². The summed E-state index contributed by atoms with van der Waals surface area (Å²) >= 11 is 0. The predicted molar refractivity (Wildman–Crippen MR) is 132 cm³/mol. The van der Waals surface area contributed by atoms with Crippen LogP contribution in [0, 0.1) is 27.7 Å². The molecule has 0 amide bonds. The second kappa shape index (κ2) is 8.23. The van der Waals surface area contributed by atoms with Gasteiger partial charge in [0, 0.05) is 17.0 Å². The molecule has 4 nitrogen and oxygen atoms in total. The van der Waals surface area contributed by atoms with Crippen molar-refractivity contribution in [2.24, 2.45) is 0 Å². The molecule has 5 rings (SSSR count). The van der Waals surface area contributed by atoms with Crippen LogP contribution in [0.2, 0.25) is 0 Å². The van der Waals surface area contributed by atoms with E-state index < -0.39 is 5.41 Å². The van der Waals surface area contributed by atoms with E-state index in [1.54, 1.807) is 0 Å². The molecule has 2 aromatic heterocycles. The van der Waals surface area contributed by atoms with Crippen LogP contribution in [0.25, 0.3) is 0 Å². The third-order valence-corrected chi connectivity index (χ3v) is 6.42. The van der Waals surface area contributed by atoms with Crippen molar-refractivity contribution in [3.8, 4) is 0 Å². The second-order valence-corrected chi connectivity index (χ2v) is 8.74. The van der Waals surface area contributed by atoms with Gasteiger partial charge in [-0.2, -0.15) is 10.2 Å². The molecular weight excluding hydrogens is 404 g/mol. The van der Waals surface area contributed by atoms with Gasteiger partial charge in [-0.15, -0.1) is 5.73 Å². The van der Waals surface area contributed by atoms with E-state index in [-0.39, 0.29) is 6.17 Å². The molecule has 4 heteroatoms. The fourth-order valence-corrected chi connectivity index (χ4v) is 5.15. The van der Waals surface area contributed by atoms with E-state index in [0.29, 0.717) is 0 Å². The molecular formula is C29H28N4. The lowest BCUT2D eigenvalue weighted by Crippen LogP contribution is -2.45. The molecule has 0 bridgehead atoms. The van der Waals surface area contributed by atoms with Crippen molar-refractivity contribution in [2.45, 2.75) is 39.3 Å². The fourth-order valence-electron chi connectivity index (χ4n) is 5.15. The molecule has 0 saturated heterocycles. The molecule has 33 heavy (non-hydrogen) atoms. The molecule has 1 aliphatic rings. The van der Waals surface area contributed by atoms with Crippen molar-refractivity contribution in [1.29, 1.82) is 0 Å². The molecule has 0 N–H and O–H groups in total. The summed E-state index contributed by atoms with van der Waals surface area (Å²) in [7, 11) is 0. The maximum Gasteiger partial charge on any atom is 0.162 e. The predicted octanol–water partition coefficient (Wildman–Crippen LogP) is 6.00. The number of benzene rings is 2. The molecule has 4 aromatic rings. The Balaban J connectivity index is 1.97. The Morgan fingerprint density at radius 1 is 0.727 bits per heavy atom. The minimum Gasteiger partial charge on any atom is -0.243 e. The van der Waals surface area contributed by atoms with Gasteiger partial charge >= 0.3 is 0 Å². The standard InChI is InChI=1S/C29H28N4/c1-21-19-23(3)32(30-21)28(33-24(4)20-22(2)31-33)29(27-17-11-12-18-27,25-13-7-5-8-14-25)26-15-9-6-10-16-26/h5-17,19-20,28H,1-4H3. The highest BCUT2D eigenvalue weighted by molar-refractivity contribution is 5.56. The highest BCUT2D eigenvalue weighted by Crippen LogP contribution is 2.49. The minimum atomic E-state index is -0.613. The van der Waals surface area contributed by atoms with E-state index in [9.17, 15) is 0 Å². The summed E-state index contributed by atoms with van der Waals surface area (Å²) in [4.78, 5) is 0. The van der Waals surface area contributed by atoms with E-state index in [1.165, 1.54) is 11.1 Å². The van der Waals surface area contributed by atoms with Crippen molar-refractivity contribution in [1.82, 2.24) is 19.6 Å². The van der Waals surface area contributed by atoms with Gasteiger partial charge in [0.25, 0.3) is 0 Å². The van der Waals surface area contributed by atoms with Crippen LogP contribution in [0.3, 0.4) is 0 Å². The first-order chi connectivity index (χ1) is 16.0. The van der Waals surface area contributed by atoms with Crippen molar-refractivity contribution < 1.29 is 0 Å². The highest BCUT2D eigenvalue weighted by atomic mass is 15.5. The first-order valence-corrected chi connectivity index (χ1v) is 11.3. The van der Waals surface area contributed by atoms with E-state index in [4.69, 9.17) is 10.2 Å². The van der Waals surface area contributed by atoms with E-state index in [1.807, 2.05) is 19.9 Å². The van der Waals surface area contributed by atoms with E-state index >= 15 is 0 Å². The Morgan fingerprint density at radius 2 is 1.21 bits per heavy atom. The van der Waals surface area contributed by atoms with E-state index in [2.05, 4.69) is 114 Å². The number of nitrogens with zero attached hydrogens (tertiary/aromatic N) is 4. The topological polar surface area (TPSA) is 35.6 Å². The van der Waals surface area contributed by atoms with Gasteiger partial charge in [-0.3, -0.25) is 0 Å². The van der Waals surface area contributed by atoms with Crippen LogP contribution in [0.5, 0.6) is 0 Å². The zero-order valence-corrected chi connectivity index (χ0v) is 19.5. The Morgan fingerprint density at radius 3 is 1.58 bits per heavy atom. The van der Waals surface area contributed by atoms with Crippen LogP contribution < -0.4 is 0 Å². The molecule has 1 aliphatic carbocycles. The van der Waals surface area contributed by atoms with Gasteiger partial charge in [-0.1, -0.05) is 66.7 Å². The number of hydrogen-bond acceptors (Lipinski definition) is 2. The molecule has 0 fully saturated rings. The van der Waals surface area contributed by atoms with Crippen LogP contribution in [0.1, 0.15) is 40.1 Å². The lowest BCUT2D eigenvalue weighted by atomic mass is 9.66. The van der Waals surface area contributed by atoms with Crippen LogP contribution in [0.15, 0.2) is 102 Å². The highest BCUT2D eigenvalue weighted by Gasteiger charge is 2.49. The fraction of sp³-hybridized carbons (Fsp3) is 0.207. The van der Waals surface area contributed by atoms with Gasteiger partial charge in [0.15, 0.2) is 6.17 Å². The maximum absolute atomic E-state index is 5.01. The van der Waals surface area contributed by atoms with Crippen LogP contribution in [0.4, 0.5) is 0 Å². The van der Waals surface area contributed by atoms with E-state index in [0.717, 1.165) is 28.3 Å². The Bertz CT molecular complexity index is 1290. The average Bonchev–Trinajstić information content (AvgIpc) is 3.54. The average molecular weight is 433 g/mol. The van der Waals surface area contributed by atoms with Crippen LogP contribution in [-0.2, 0) is 5.41 Å². The zero-order valence-electron chi connectivity index (χ0n) is 19.5. The summed E-state index contributed by atoms with van der Waals surface area (Å²) < 4.78 is 4.27. The lowest BCUT2D eigenvalue weighted by Gasteiger charge is -2.43. The Hall–Kier alpha value is -3.88. The number of allylic oxidation sites excluding steroid dienone is 3. The summed E-state index contributed by atoms with van der Waals surface area (Å²) in [6.45, 7) is 8.33. The summed E-state index contributed by atoms with van der Waals surface area (Å²) in [5.41, 5.74) is 10.5. The number of rotatable bonds is 6. The zero-order chi connectivity index (χ0) is 23.0. The molecule has 0 saturated carbocycles. The van der Waals surface area contributed by atoms with Crippen LogP contribution in [-0.4, -0.2) is 19.6 Å². The smallest absolute Gasteiger partial charge is 0.162 e. The normalized spacial score (nSPS) is 13.2. The number of aromatic nitrogens is 4. The number of aryl methyl sites for hydroxylation is 4. The molecule has 164 valence electrons. The van der Waals surface area contributed by atoms with Gasteiger partial charge in [0.05, 0.1) is 16.8 Å². The quantitative estimate of drug-likeness (QED) is 0.350. The summed E-state index contributed by atoms with van der Waals surface area (Å²) in [5, 5.41) is 10.0.